The number of rotatable bonds is 0. The summed E-state index contributed by atoms with van der Waals surface area (Å²) in [6, 6.07) is 0. The van der Waals surface area contributed by atoms with Crippen molar-refractivity contribution in [3.05, 3.63) is 0 Å². The molecule has 0 aromatic heterocycles. The summed E-state index contributed by atoms with van der Waals surface area (Å²) in [5.74, 6) is 0. The lowest BCUT2D eigenvalue weighted by Gasteiger charge is -2.23. The van der Waals surface area contributed by atoms with E-state index in [1.54, 1.807) is 0 Å². The Bertz CT molecular complexity index is 165. The zero-order valence-corrected chi connectivity index (χ0v) is 5.35. The first-order valence-corrected chi connectivity index (χ1v) is 2.90. The van der Waals surface area contributed by atoms with Gasteiger partial charge in [0, 0.05) is 6.42 Å². The number of cyclic esters (lactones) is 2. The van der Waals surface area contributed by atoms with Crippen LogP contribution in [-0.4, -0.2) is 25.0 Å². The molecule has 1 aliphatic heterocycles. The Morgan fingerprint density at radius 1 is 1.45 bits per heavy atom. The van der Waals surface area contributed by atoms with Gasteiger partial charge in [-0.25, -0.2) is 4.79 Å². The first-order chi connectivity index (χ1) is 5.00. The molecule has 3 nitrogen and oxygen atoms in total. The van der Waals surface area contributed by atoms with Crippen LogP contribution in [0.4, 0.5) is 18.0 Å². The van der Waals surface area contributed by atoms with Crippen molar-refractivity contribution in [2.24, 2.45) is 0 Å². The highest BCUT2D eigenvalue weighted by Crippen LogP contribution is 2.27. The third-order valence-electron chi connectivity index (χ3n) is 1.20. The van der Waals surface area contributed by atoms with E-state index in [-0.39, 0.29) is 13.0 Å². The fourth-order valence-corrected chi connectivity index (χ4v) is 0.689. The Labute approximate surface area is 60.1 Å². The summed E-state index contributed by atoms with van der Waals surface area (Å²) in [6.07, 6.45) is -8.04. The van der Waals surface area contributed by atoms with Crippen LogP contribution in [0.15, 0.2) is 0 Å². The van der Waals surface area contributed by atoms with Gasteiger partial charge in [-0.3, -0.25) is 0 Å². The van der Waals surface area contributed by atoms with E-state index in [9.17, 15) is 18.0 Å². The van der Waals surface area contributed by atoms with Crippen molar-refractivity contribution < 1.29 is 27.4 Å². The molecule has 64 valence electrons. The molecular formula is C5H5F3O3. The molecule has 1 rings (SSSR count). The van der Waals surface area contributed by atoms with E-state index in [1.807, 2.05) is 0 Å². The van der Waals surface area contributed by atoms with Gasteiger partial charge < -0.3 is 9.47 Å². The number of ether oxygens (including phenoxy) is 2. The Kier molecular flexibility index (Phi) is 1.92. The van der Waals surface area contributed by atoms with Crippen LogP contribution in [-0.2, 0) is 9.47 Å². The summed E-state index contributed by atoms with van der Waals surface area (Å²) >= 11 is 0. The predicted molar refractivity (Wildman–Crippen MR) is 26.9 cm³/mol. The van der Waals surface area contributed by atoms with Gasteiger partial charge in [0.1, 0.15) is 0 Å². The van der Waals surface area contributed by atoms with Crippen LogP contribution in [0.2, 0.25) is 0 Å². The fourth-order valence-electron chi connectivity index (χ4n) is 0.689. The Morgan fingerprint density at radius 2 is 2.09 bits per heavy atom. The normalized spacial score (nSPS) is 25.7. The van der Waals surface area contributed by atoms with Crippen LogP contribution in [0.5, 0.6) is 0 Å². The van der Waals surface area contributed by atoms with Crippen molar-refractivity contribution in [2.45, 2.75) is 18.7 Å². The lowest BCUT2D eigenvalue weighted by molar-refractivity contribution is -0.223. The maximum atomic E-state index is 11.8. The number of hydrogen-bond acceptors (Lipinski definition) is 3. The Morgan fingerprint density at radius 3 is 2.45 bits per heavy atom. The molecule has 0 aliphatic carbocycles. The molecule has 0 radical (unpaired) electrons. The summed E-state index contributed by atoms with van der Waals surface area (Å²) < 4.78 is 43.4. The van der Waals surface area contributed by atoms with E-state index >= 15 is 0 Å². The zero-order chi connectivity index (χ0) is 8.48. The summed E-state index contributed by atoms with van der Waals surface area (Å²) in [6.45, 7) is -0.233. The number of alkyl halides is 3. The molecule has 0 aromatic rings. The molecule has 0 aromatic carbocycles. The maximum Gasteiger partial charge on any atom is 0.508 e. The van der Waals surface area contributed by atoms with Gasteiger partial charge in [-0.2, -0.15) is 13.2 Å². The van der Waals surface area contributed by atoms with E-state index in [1.165, 1.54) is 0 Å². The quantitative estimate of drug-likeness (QED) is 0.516. The standard InChI is InChI=1S/C5H5F3O3/c6-5(7,8)3-1-2-10-4(9)11-3/h3H,1-2H2. The first kappa shape index (κ1) is 8.16. The molecule has 0 amide bonds. The van der Waals surface area contributed by atoms with Gasteiger partial charge in [-0.1, -0.05) is 0 Å². The van der Waals surface area contributed by atoms with E-state index in [4.69, 9.17) is 0 Å². The van der Waals surface area contributed by atoms with E-state index in [2.05, 4.69) is 9.47 Å². The molecule has 6 heteroatoms. The van der Waals surface area contributed by atoms with Gasteiger partial charge in [0.2, 0.25) is 6.10 Å². The second-order valence-corrected chi connectivity index (χ2v) is 2.04. The Hall–Kier alpha value is -0.940. The lowest BCUT2D eigenvalue weighted by Crippen LogP contribution is -2.38. The minimum Gasteiger partial charge on any atom is -0.434 e. The van der Waals surface area contributed by atoms with Crippen LogP contribution < -0.4 is 0 Å². The van der Waals surface area contributed by atoms with Crippen molar-refractivity contribution in [2.75, 3.05) is 6.61 Å². The third-order valence-corrected chi connectivity index (χ3v) is 1.20. The van der Waals surface area contributed by atoms with Gasteiger partial charge in [0.15, 0.2) is 0 Å². The smallest absolute Gasteiger partial charge is 0.434 e. The molecule has 0 bridgehead atoms. The monoisotopic (exact) mass is 170 g/mol. The van der Waals surface area contributed by atoms with Crippen LogP contribution in [0.25, 0.3) is 0 Å². The number of carbonyl (C=O) groups excluding carboxylic acids is 1. The molecule has 1 fully saturated rings. The zero-order valence-electron chi connectivity index (χ0n) is 5.35. The highest BCUT2D eigenvalue weighted by Gasteiger charge is 2.44. The van der Waals surface area contributed by atoms with Gasteiger partial charge >= 0.3 is 12.3 Å². The minimum atomic E-state index is -4.47. The average Bonchev–Trinajstić information content (AvgIpc) is 1.86. The third kappa shape index (κ3) is 1.99. The Balaban J connectivity index is 2.53. The van der Waals surface area contributed by atoms with Gasteiger partial charge in [-0.15, -0.1) is 0 Å². The highest BCUT2D eigenvalue weighted by molar-refractivity contribution is 5.60. The summed E-state index contributed by atoms with van der Waals surface area (Å²) in [4.78, 5) is 10.2. The van der Waals surface area contributed by atoms with Crippen molar-refractivity contribution in [3.63, 3.8) is 0 Å². The first-order valence-electron chi connectivity index (χ1n) is 2.90. The molecule has 1 heterocycles. The molecule has 1 unspecified atom stereocenters. The topological polar surface area (TPSA) is 35.5 Å². The second kappa shape index (κ2) is 2.60. The molecule has 0 N–H and O–H groups in total. The van der Waals surface area contributed by atoms with Crippen LogP contribution in [0, 0.1) is 0 Å². The number of halogens is 3. The fraction of sp³-hybridized carbons (Fsp3) is 0.800. The largest absolute Gasteiger partial charge is 0.508 e. The van der Waals surface area contributed by atoms with Crippen LogP contribution in [0.3, 0.4) is 0 Å². The lowest BCUT2D eigenvalue weighted by atomic mass is 10.2. The predicted octanol–water partition coefficient (Wildman–Crippen LogP) is 1.47. The SMILES string of the molecule is O=C1OCCC(C(F)(F)F)O1. The molecule has 11 heavy (non-hydrogen) atoms. The molecule has 1 aliphatic rings. The molecule has 1 atom stereocenters. The van der Waals surface area contributed by atoms with Gasteiger partial charge in [-0.05, 0) is 0 Å². The van der Waals surface area contributed by atoms with Gasteiger partial charge in [0.25, 0.3) is 0 Å². The molecule has 0 saturated carbocycles. The molecule has 1 saturated heterocycles. The molecule has 0 spiro atoms. The van der Waals surface area contributed by atoms with Gasteiger partial charge in [0.05, 0.1) is 6.61 Å². The second-order valence-electron chi connectivity index (χ2n) is 2.04. The highest BCUT2D eigenvalue weighted by atomic mass is 19.4. The summed E-state index contributed by atoms with van der Waals surface area (Å²) in [5.41, 5.74) is 0. The molecular weight excluding hydrogens is 165 g/mol. The number of hydrogen-bond donors (Lipinski definition) is 0. The van der Waals surface area contributed by atoms with Crippen molar-refractivity contribution in [3.8, 4) is 0 Å². The van der Waals surface area contributed by atoms with E-state index < -0.39 is 18.4 Å². The van der Waals surface area contributed by atoms with E-state index in [0.29, 0.717) is 0 Å². The van der Waals surface area contributed by atoms with Crippen molar-refractivity contribution in [1.82, 2.24) is 0 Å². The number of carbonyl (C=O) groups is 1. The van der Waals surface area contributed by atoms with E-state index in [0.717, 1.165) is 0 Å². The minimum absolute atomic E-state index is 0.233. The maximum absolute atomic E-state index is 11.8. The summed E-state index contributed by atoms with van der Waals surface area (Å²) in [7, 11) is 0. The van der Waals surface area contributed by atoms with Crippen LogP contribution >= 0.6 is 0 Å². The van der Waals surface area contributed by atoms with Crippen molar-refractivity contribution in [1.29, 1.82) is 0 Å². The summed E-state index contributed by atoms with van der Waals surface area (Å²) in [5, 5.41) is 0. The average molecular weight is 170 g/mol. The van der Waals surface area contributed by atoms with Crippen molar-refractivity contribution >= 4 is 6.16 Å². The van der Waals surface area contributed by atoms with Crippen LogP contribution in [0.1, 0.15) is 6.42 Å².